The highest BCUT2D eigenvalue weighted by Gasteiger charge is 2.27. The van der Waals surface area contributed by atoms with Gasteiger partial charge in [-0.2, -0.15) is 4.98 Å². The van der Waals surface area contributed by atoms with Gasteiger partial charge in [-0.15, -0.1) is 11.3 Å². The molecule has 0 saturated carbocycles. The maximum absolute atomic E-state index is 13.7. The fourth-order valence-electron chi connectivity index (χ4n) is 3.04. The summed E-state index contributed by atoms with van der Waals surface area (Å²) < 4.78 is 37.4. The van der Waals surface area contributed by atoms with Crippen molar-refractivity contribution in [3.63, 3.8) is 0 Å². The lowest BCUT2D eigenvalue weighted by atomic mass is 10.1. The Hall–Kier alpha value is -3.18. The number of amides is 2. The molecule has 0 fully saturated rings. The highest BCUT2D eigenvalue weighted by molar-refractivity contribution is 7.20. The lowest BCUT2D eigenvalue weighted by Crippen LogP contribution is -2.39. The van der Waals surface area contributed by atoms with E-state index in [-0.39, 0.29) is 17.0 Å². The molecule has 0 bridgehead atoms. The molecule has 0 aliphatic carbocycles. The first-order valence-electron chi connectivity index (χ1n) is 9.11. The van der Waals surface area contributed by atoms with Gasteiger partial charge in [-0.1, -0.05) is 6.07 Å². The van der Waals surface area contributed by atoms with Crippen molar-refractivity contribution in [1.82, 2.24) is 20.6 Å². The smallest absolute Gasteiger partial charge is 0.262 e. The van der Waals surface area contributed by atoms with Gasteiger partial charge in [0, 0.05) is 14.2 Å². The molecule has 3 aromatic rings. The van der Waals surface area contributed by atoms with Gasteiger partial charge in [0.25, 0.3) is 5.91 Å². The summed E-state index contributed by atoms with van der Waals surface area (Å²) in [6, 6.07) is 1.78. The van der Waals surface area contributed by atoms with Crippen LogP contribution in [0, 0.1) is 18.6 Å². The topological polar surface area (TPSA) is 102 Å². The number of hydrogen-bond acceptors (Lipinski definition) is 7. The Morgan fingerprint density at radius 3 is 2.55 bits per heavy atom. The monoisotopic (exact) mass is 450 g/mol. The van der Waals surface area contributed by atoms with E-state index in [1.165, 1.54) is 27.3 Å². The van der Waals surface area contributed by atoms with Gasteiger partial charge < -0.3 is 20.1 Å². The van der Waals surface area contributed by atoms with Crippen molar-refractivity contribution in [2.75, 3.05) is 21.3 Å². The Balaban J connectivity index is 2.01. The molecule has 0 saturated heterocycles. The first kappa shape index (κ1) is 22.5. The van der Waals surface area contributed by atoms with E-state index in [1.54, 1.807) is 6.92 Å². The molecule has 164 valence electrons. The first-order valence-corrected chi connectivity index (χ1v) is 9.92. The Bertz CT molecular complexity index is 1150. The number of rotatable bonds is 7. The second kappa shape index (κ2) is 9.31. The van der Waals surface area contributed by atoms with Crippen LogP contribution in [0.15, 0.2) is 18.2 Å². The van der Waals surface area contributed by atoms with Gasteiger partial charge in [0.05, 0.1) is 17.4 Å². The lowest BCUT2D eigenvalue weighted by molar-refractivity contribution is -0.122. The molecule has 31 heavy (non-hydrogen) atoms. The van der Waals surface area contributed by atoms with E-state index in [0.29, 0.717) is 27.5 Å². The Morgan fingerprint density at radius 1 is 1.19 bits per heavy atom. The van der Waals surface area contributed by atoms with Gasteiger partial charge in [-0.05, 0) is 30.2 Å². The number of hydrogen-bond donors (Lipinski definition) is 2. The molecule has 0 spiro atoms. The number of aromatic nitrogens is 2. The number of likely N-dealkylation sites (N-methyl/N-ethyl adjacent to an activating group) is 1. The number of ether oxygens (including phenoxy) is 2. The summed E-state index contributed by atoms with van der Waals surface area (Å²) in [4.78, 5) is 34.9. The molecule has 8 nitrogen and oxygen atoms in total. The average molecular weight is 450 g/mol. The minimum Gasteiger partial charge on any atom is -0.480 e. The minimum absolute atomic E-state index is 0.102. The molecular formula is C20H20F2N4O4S. The number of thiophene rings is 1. The zero-order valence-electron chi connectivity index (χ0n) is 17.2. The summed E-state index contributed by atoms with van der Waals surface area (Å²) in [7, 11) is 4.35. The van der Waals surface area contributed by atoms with Gasteiger partial charge in [0.2, 0.25) is 11.8 Å². The van der Waals surface area contributed by atoms with Crippen molar-refractivity contribution in [2.24, 2.45) is 0 Å². The zero-order chi connectivity index (χ0) is 22.7. The van der Waals surface area contributed by atoms with E-state index >= 15 is 0 Å². The van der Waals surface area contributed by atoms with E-state index < -0.39 is 29.5 Å². The van der Waals surface area contributed by atoms with Crippen LogP contribution in [-0.4, -0.2) is 43.0 Å². The van der Waals surface area contributed by atoms with Gasteiger partial charge in [-0.3, -0.25) is 9.59 Å². The molecule has 1 atom stereocenters. The molecule has 0 radical (unpaired) electrons. The Labute approximate surface area is 180 Å². The number of fused-ring (bicyclic) bond motifs is 1. The third-order valence-corrected chi connectivity index (χ3v) is 5.72. The van der Waals surface area contributed by atoms with Gasteiger partial charge in [0.1, 0.15) is 17.5 Å². The molecule has 1 aromatic carbocycles. The lowest BCUT2D eigenvalue weighted by Gasteiger charge is -2.18. The van der Waals surface area contributed by atoms with Gasteiger partial charge in [0.15, 0.2) is 17.5 Å². The molecule has 0 aliphatic rings. The molecular weight excluding hydrogens is 430 g/mol. The van der Waals surface area contributed by atoms with Crippen LogP contribution in [0.5, 0.6) is 5.88 Å². The molecule has 3 rings (SSSR count). The van der Waals surface area contributed by atoms with Crippen LogP contribution in [0.4, 0.5) is 8.78 Å². The molecule has 2 amide bonds. The van der Waals surface area contributed by atoms with E-state index in [9.17, 15) is 18.4 Å². The summed E-state index contributed by atoms with van der Waals surface area (Å²) in [6.07, 6.45) is 0. The summed E-state index contributed by atoms with van der Waals surface area (Å²) in [5, 5.41) is 5.57. The second-order valence-electron chi connectivity index (χ2n) is 6.51. The van der Waals surface area contributed by atoms with E-state index in [1.807, 2.05) is 0 Å². The number of aryl methyl sites for hydroxylation is 1. The van der Waals surface area contributed by atoms with Crippen LogP contribution in [0.25, 0.3) is 10.2 Å². The normalized spacial score (nSPS) is 11.9. The van der Waals surface area contributed by atoms with Crippen molar-refractivity contribution in [3.8, 4) is 5.88 Å². The largest absolute Gasteiger partial charge is 0.480 e. The maximum Gasteiger partial charge on any atom is 0.262 e. The summed E-state index contributed by atoms with van der Waals surface area (Å²) in [5.41, 5.74) is 0.671. The molecule has 11 heteroatoms. The summed E-state index contributed by atoms with van der Waals surface area (Å²) in [5.74, 6) is -2.64. The number of nitrogens with zero attached hydrogens (tertiary/aromatic N) is 2. The average Bonchev–Trinajstić information content (AvgIpc) is 3.09. The zero-order valence-corrected chi connectivity index (χ0v) is 18.0. The predicted octanol–water partition coefficient (Wildman–Crippen LogP) is 2.65. The second-order valence-corrected chi connectivity index (χ2v) is 7.51. The number of carbonyl (C=O) groups is 2. The van der Waals surface area contributed by atoms with E-state index in [2.05, 4.69) is 20.6 Å². The maximum atomic E-state index is 13.7. The van der Waals surface area contributed by atoms with Crippen molar-refractivity contribution in [3.05, 3.63) is 51.7 Å². The number of methoxy groups -OCH3 is 2. The van der Waals surface area contributed by atoms with Crippen molar-refractivity contribution in [2.45, 2.75) is 19.6 Å². The predicted molar refractivity (Wildman–Crippen MR) is 110 cm³/mol. The number of halogens is 2. The highest BCUT2D eigenvalue weighted by atomic mass is 32.1. The fraction of sp³-hybridized carbons (Fsp3) is 0.300. The fourth-order valence-corrected chi connectivity index (χ4v) is 4.13. The molecule has 0 aliphatic heterocycles. The van der Waals surface area contributed by atoms with Crippen LogP contribution < -0.4 is 15.4 Å². The van der Waals surface area contributed by atoms with E-state index in [0.717, 1.165) is 23.5 Å². The SMILES string of the molecule is CNC(=O)C(NC(=O)c1sc2nc(COC)nc(OC)c2c1C)c1ccc(F)c(F)c1. The first-order chi connectivity index (χ1) is 14.8. The van der Waals surface area contributed by atoms with Crippen molar-refractivity contribution in [1.29, 1.82) is 0 Å². The number of nitrogens with one attached hydrogen (secondary N) is 2. The van der Waals surface area contributed by atoms with Gasteiger partial charge >= 0.3 is 0 Å². The summed E-state index contributed by atoms with van der Waals surface area (Å²) in [6.45, 7) is 1.88. The Kier molecular flexibility index (Phi) is 6.76. The van der Waals surface area contributed by atoms with Crippen molar-refractivity contribution >= 4 is 33.4 Å². The third kappa shape index (κ3) is 4.47. The van der Waals surface area contributed by atoms with Crippen LogP contribution in [0.2, 0.25) is 0 Å². The van der Waals surface area contributed by atoms with E-state index in [4.69, 9.17) is 9.47 Å². The third-order valence-electron chi connectivity index (χ3n) is 4.54. The van der Waals surface area contributed by atoms with Crippen molar-refractivity contribution < 1.29 is 27.8 Å². The summed E-state index contributed by atoms with van der Waals surface area (Å²) >= 11 is 1.10. The highest BCUT2D eigenvalue weighted by Crippen LogP contribution is 2.35. The minimum atomic E-state index is -1.23. The standard InChI is InChI=1S/C20H20F2N4O4S/c1-9-14-19(30-4)24-13(8-29-3)25-20(14)31-16(9)18(28)26-15(17(27)23-2)10-5-6-11(21)12(22)7-10/h5-7,15H,8H2,1-4H3,(H,23,27)(H,26,28). The Morgan fingerprint density at radius 2 is 1.94 bits per heavy atom. The number of carbonyl (C=O) groups excluding carboxylic acids is 2. The quantitative estimate of drug-likeness (QED) is 0.574. The molecule has 2 aromatic heterocycles. The molecule has 2 heterocycles. The van der Waals surface area contributed by atoms with Crippen LogP contribution >= 0.6 is 11.3 Å². The van der Waals surface area contributed by atoms with Crippen LogP contribution in [0.1, 0.15) is 32.7 Å². The number of benzene rings is 1. The van der Waals surface area contributed by atoms with Gasteiger partial charge in [-0.25, -0.2) is 13.8 Å². The molecule has 2 N–H and O–H groups in total. The van der Waals surface area contributed by atoms with Crippen LogP contribution in [0.3, 0.4) is 0 Å². The van der Waals surface area contributed by atoms with Crippen LogP contribution in [-0.2, 0) is 16.1 Å². The molecule has 1 unspecified atom stereocenters.